The molecule has 1 saturated heterocycles. The highest BCUT2D eigenvalue weighted by Crippen LogP contribution is 2.39. The van der Waals surface area contributed by atoms with Crippen LogP contribution in [0.3, 0.4) is 0 Å². The lowest BCUT2D eigenvalue weighted by Crippen LogP contribution is -2.60. The van der Waals surface area contributed by atoms with Gasteiger partial charge in [0.1, 0.15) is 23.7 Å². The summed E-state index contributed by atoms with van der Waals surface area (Å²) in [7, 11) is -5.05. The minimum absolute atomic E-state index is 0.0516. The lowest BCUT2D eigenvalue weighted by atomic mass is 10.0. The first-order valence-corrected chi connectivity index (χ1v) is 15.3. The Morgan fingerprint density at radius 3 is 2.26 bits per heavy atom. The van der Waals surface area contributed by atoms with E-state index in [4.69, 9.17) is 20.6 Å². The average Bonchev–Trinajstić information content (AvgIpc) is 3.29. The Balaban J connectivity index is 2.01. The summed E-state index contributed by atoms with van der Waals surface area (Å²) in [6.45, 7) is 4.02. The number of carbonyl (C=O) groups is 6. The van der Waals surface area contributed by atoms with Gasteiger partial charge >= 0.3 is 7.82 Å². The van der Waals surface area contributed by atoms with Crippen LogP contribution in [-0.2, 0) is 37.9 Å². The molecule has 0 aromatic carbocycles. The lowest BCUT2D eigenvalue weighted by molar-refractivity contribution is -0.140. The summed E-state index contributed by atoms with van der Waals surface area (Å²) in [5.74, 6) is -4.87. The molecular weight excluding hydrogens is 595 g/mol. The molecule has 10 N–H and O–H groups in total. The van der Waals surface area contributed by atoms with E-state index in [1.807, 2.05) is 13.8 Å². The van der Waals surface area contributed by atoms with Crippen LogP contribution in [0.1, 0.15) is 52.9 Å². The molecule has 244 valence electrons. The third-order valence-corrected chi connectivity index (χ3v) is 7.63. The van der Waals surface area contributed by atoms with Gasteiger partial charge in [-0.05, 0) is 32.1 Å². The monoisotopic (exact) mass is 636 g/mol. The number of carbonyl (C=O) groups excluding carboxylic acids is 6. The molecule has 6 amide bonds. The zero-order valence-electron chi connectivity index (χ0n) is 24.1. The smallest absolute Gasteiger partial charge is 0.396 e. The molecular formula is C24H41N6O12P. The molecule has 2 unspecified atom stereocenters. The van der Waals surface area contributed by atoms with E-state index in [9.17, 15) is 38.4 Å². The molecule has 0 aromatic rings. The van der Waals surface area contributed by atoms with Gasteiger partial charge in [0.2, 0.25) is 35.4 Å². The van der Waals surface area contributed by atoms with E-state index in [1.54, 1.807) is 0 Å². The Bertz CT molecular complexity index is 1130. The normalized spacial score (nSPS) is 23.6. The maximum atomic E-state index is 13.0. The Labute approximate surface area is 247 Å². The number of nitrogens with two attached hydrogens (primary N) is 1. The van der Waals surface area contributed by atoms with E-state index in [2.05, 4.69) is 25.8 Å². The van der Waals surface area contributed by atoms with Crippen molar-refractivity contribution in [3.05, 3.63) is 0 Å². The first-order chi connectivity index (χ1) is 19.9. The quantitative estimate of drug-likeness (QED) is 0.0735. The van der Waals surface area contributed by atoms with E-state index in [1.165, 1.54) is 4.90 Å². The number of phosphoric ester groups is 1. The molecule has 0 aromatic heterocycles. The van der Waals surface area contributed by atoms with Crippen LogP contribution in [0.2, 0.25) is 0 Å². The Morgan fingerprint density at radius 1 is 1.12 bits per heavy atom. The van der Waals surface area contributed by atoms with Gasteiger partial charge in [0, 0.05) is 19.4 Å². The molecule has 2 rings (SSSR count). The number of rotatable bonds is 16. The molecule has 6 atom stereocenters. The van der Waals surface area contributed by atoms with Crippen molar-refractivity contribution in [1.82, 2.24) is 26.2 Å². The standard InChI is InChI=1S/C24H41N6O12P/c1-12(2)9-14(27-22(37)15-5-4-7-30(15)18(34)6-8-31)21(36)26-11-17(33)29-24(10-16(24)32)23(38)28-19(20(25)35)13(3)42-43(39,40)41/h12-16,19,31-32H,4-11H2,1-3H3,(H2,25,35)(H,26,36)(H,27,37)(H,28,38)(H,29,33)(H2,39,40,41)/t13-,14+,15+,16?,19+,24?/m1/s1. The van der Waals surface area contributed by atoms with Crippen molar-refractivity contribution in [3.63, 3.8) is 0 Å². The predicted molar refractivity (Wildman–Crippen MR) is 146 cm³/mol. The number of nitrogens with zero attached hydrogens (tertiary/aromatic N) is 1. The van der Waals surface area contributed by atoms with Crippen molar-refractivity contribution in [2.24, 2.45) is 11.7 Å². The van der Waals surface area contributed by atoms with Gasteiger partial charge in [-0.2, -0.15) is 0 Å². The zero-order chi connectivity index (χ0) is 32.7. The minimum atomic E-state index is -5.05. The average molecular weight is 637 g/mol. The first kappa shape index (κ1) is 36.0. The van der Waals surface area contributed by atoms with Crippen LogP contribution >= 0.6 is 7.82 Å². The number of aliphatic hydroxyl groups excluding tert-OH is 2. The first-order valence-electron chi connectivity index (χ1n) is 13.7. The summed E-state index contributed by atoms with van der Waals surface area (Å²) in [6.07, 6.45) is -2.19. The maximum Gasteiger partial charge on any atom is 0.469 e. The molecule has 19 heteroatoms. The highest BCUT2D eigenvalue weighted by molar-refractivity contribution is 7.46. The predicted octanol–water partition coefficient (Wildman–Crippen LogP) is -3.91. The third kappa shape index (κ3) is 10.2. The van der Waals surface area contributed by atoms with Crippen LogP contribution in [0.15, 0.2) is 0 Å². The van der Waals surface area contributed by atoms with E-state index >= 15 is 0 Å². The highest BCUT2D eigenvalue weighted by Gasteiger charge is 2.61. The fourth-order valence-corrected chi connectivity index (χ4v) is 5.33. The number of hydrogen-bond donors (Lipinski definition) is 9. The second-order valence-corrected chi connectivity index (χ2v) is 12.2. The highest BCUT2D eigenvalue weighted by atomic mass is 31.2. The fourth-order valence-electron chi connectivity index (χ4n) is 4.78. The second-order valence-electron chi connectivity index (χ2n) is 11.0. The van der Waals surface area contributed by atoms with E-state index in [0.717, 1.165) is 6.92 Å². The fraction of sp³-hybridized carbons (Fsp3) is 0.750. The number of primary amides is 1. The van der Waals surface area contributed by atoms with Gasteiger partial charge < -0.3 is 51.9 Å². The zero-order valence-corrected chi connectivity index (χ0v) is 25.0. The van der Waals surface area contributed by atoms with E-state index in [-0.39, 0.29) is 37.7 Å². The van der Waals surface area contributed by atoms with E-state index < -0.39 is 79.8 Å². The SMILES string of the molecule is CC(C)C[C@H](NC(=O)[C@@H]1CCCN1C(=O)CCO)C(=O)NCC(=O)NC1(C(=O)N[C@H](C(N)=O)[C@@H](C)OP(=O)(O)O)CC1O. The van der Waals surface area contributed by atoms with Crippen LogP contribution < -0.4 is 27.0 Å². The Kier molecular flexibility index (Phi) is 12.6. The van der Waals surface area contributed by atoms with Gasteiger partial charge in [0.25, 0.3) is 0 Å². The van der Waals surface area contributed by atoms with E-state index in [0.29, 0.717) is 19.4 Å². The van der Waals surface area contributed by atoms with Crippen molar-refractivity contribution in [2.45, 2.75) is 88.7 Å². The number of amides is 6. The summed E-state index contributed by atoms with van der Waals surface area (Å²) in [5, 5.41) is 28.6. The molecule has 43 heavy (non-hydrogen) atoms. The molecule has 2 aliphatic rings. The molecule has 1 aliphatic heterocycles. The molecule has 1 heterocycles. The largest absolute Gasteiger partial charge is 0.469 e. The summed E-state index contributed by atoms with van der Waals surface area (Å²) in [5.41, 5.74) is 3.31. The molecule has 1 aliphatic carbocycles. The van der Waals surface area contributed by atoms with Gasteiger partial charge in [-0.1, -0.05) is 13.8 Å². The molecule has 2 fully saturated rings. The number of likely N-dealkylation sites (tertiary alicyclic amines) is 1. The van der Waals surface area contributed by atoms with Crippen LogP contribution in [0, 0.1) is 5.92 Å². The number of hydrogen-bond acceptors (Lipinski definition) is 10. The molecule has 1 saturated carbocycles. The second kappa shape index (κ2) is 15.0. The Hall–Kier alpha value is -3.15. The lowest BCUT2D eigenvalue weighted by Gasteiger charge is -2.27. The molecule has 0 radical (unpaired) electrons. The van der Waals surface area contributed by atoms with Crippen molar-refractivity contribution in [1.29, 1.82) is 0 Å². The number of phosphoric acid groups is 1. The van der Waals surface area contributed by atoms with Gasteiger partial charge in [-0.15, -0.1) is 0 Å². The van der Waals surface area contributed by atoms with Crippen LogP contribution in [-0.4, -0.2) is 116 Å². The summed E-state index contributed by atoms with van der Waals surface area (Å²) >= 11 is 0. The minimum Gasteiger partial charge on any atom is -0.396 e. The number of aliphatic hydroxyl groups is 2. The van der Waals surface area contributed by atoms with Gasteiger partial charge in [0.05, 0.1) is 25.4 Å². The molecule has 18 nitrogen and oxygen atoms in total. The number of nitrogens with one attached hydrogen (secondary N) is 4. The van der Waals surface area contributed by atoms with Crippen molar-refractivity contribution in [2.75, 3.05) is 19.7 Å². The summed E-state index contributed by atoms with van der Waals surface area (Å²) in [6, 6.07) is -3.60. The maximum absolute atomic E-state index is 13.0. The molecule has 0 bridgehead atoms. The van der Waals surface area contributed by atoms with Crippen LogP contribution in [0.5, 0.6) is 0 Å². The third-order valence-electron chi connectivity index (χ3n) is 7.02. The van der Waals surface area contributed by atoms with Gasteiger partial charge in [0.15, 0.2) is 0 Å². The van der Waals surface area contributed by atoms with Crippen molar-refractivity contribution >= 4 is 43.3 Å². The van der Waals surface area contributed by atoms with Gasteiger partial charge in [-0.25, -0.2) is 4.57 Å². The topological polar surface area (TPSA) is 287 Å². The van der Waals surface area contributed by atoms with Crippen LogP contribution in [0.25, 0.3) is 0 Å². The van der Waals surface area contributed by atoms with Gasteiger partial charge in [-0.3, -0.25) is 33.3 Å². The summed E-state index contributed by atoms with van der Waals surface area (Å²) < 4.78 is 15.5. The molecule has 0 spiro atoms. The van der Waals surface area contributed by atoms with Crippen molar-refractivity contribution < 1.29 is 57.9 Å². The Morgan fingerprint density at radius 2 is 1.74 bits per heavy atom. The van der Waals surface area contributed by atoms with Crippen molar-refractivity contribution in [3.8, 4) is 0 Å². The van der Waals surface area contributed by atoms with Crippen LogP contribution in [0.4, 0.5) is 0 Å². The summed E-state index contributed by atoms with van der Waals surface area (Å²) in [4.78, 5) is 94.8.